The Kier molecular flexibility index (Phi) is 3.79. The van der Waals surface area contributed by atoms with E-state index in [4.69, 9.17) is 4.74 Å². The molecule has 7 heteroatoms. The number of fused-ring (bicyclic) bond motifs is 1. The molecular weight excluding hydrogens is 324 g/mol. The van der Waals surface area contributed by atoms with Crippen molar-refractivity contribution >= 4 is 22.6 Å². The summed E-state index contributed by atoms with van der Waals surface area (Å²) in [4.78, 5) is 0. The van der Waals surface area contributed by atoms with E-state index in [0.717, 1.165) is 22.0 Å². The number of amidine groups is 1. The number of nitrogens with one attached hydrogen (secondary N) is 2. The number of benzene rings is 2. The van der Waals surface area contributed by atoms with E-state index in [-0.39, 0.29) is 11.9 Å². The molecule has 0 radical (unpaired) electrons. The third-order valence-electron chi connectivity index (χ3n) is 3.86. The molecule has 0 amide bonds. The van der Waals surface area contributed by atoms with Gasteiger partial charge < -0.3 is 9.84 Å². The van der Waals surface area contributed by atoms with Crippen molar-refractivity contribution in [2.24, 2.45) is 5.10 Å². The molecule has 122 valence electrons. The number of thioether (sulfide) groups is 1. The maximum atomic E-state index is 9.76. The largest absolute Gasteiger partial charge is 0.504 e. The average molecular weight is 340 g/mol. The number of aromatic hydroxyl groups is 1. The van der Waals surface area contributed by atoms with Gasteiger partial charge in [0.25, 0.3) is 0 Å². The van der Waals surface area contributed by atoms with Crippen LogP contribution in [0.2, 0.25) is 0 Å². The molecule has 0 bridgehead atoms. The lowest BCUT2D eigenvalue weighted by Crippen LogP contribution is -2.49. The molecule has 2 aromatic carbocycles. The molecule has 0 fully saturated rings. The highest BCUT2D eigenvalue weighted by Crippen LogP contribution is 2.35. The van der Waals surface area contributed by atoms with E-state index in [9.17, 15) is 5.11 Å². The molecule has 2 aromatic rings. The van der Waals surface area contributed by atoms with Gasteiger partial charge in [-0.3, -0.25) is 5.43 Å². The minimum Gasteiger partial charge on any atom is -0.504 e. The van der Waals surface area contributed by atoms with Crippen LogP contribution in [0.4, 0.5) is 0 Å². The van der Waals surface area contributed by atoms with Crippen molar-refractivity contribution in [3.63, 3.8) is 0 Å². The van der Waals surface area contributed by atoms with Gasteiger partial charge in [-0.2, -0.15) is 10.5 Å². The summed E-state index contributed by atoms with van der Waals surface area (Å²) in [6.45, 7) is 0. The van der Waals surface area contributed by atoms with Crippen molar-refractivity contribution in [3.05, 3.63) is 65.1 Å². The summed E-state index contributed by atoms with van der Waals surface area (Å²) in [7, 11) is 1.53. The first-order valence-electron chi connectivity index (χ1n) is 7.45. The van der Waals surface area contributed by atoms with Crippen LogP contribution in [0.15, 0.2) is 59.0 Å². The minimum atomic E-state index is -0.228. The van der Waals surface area contributed by atoms with Gasteiger partial charge in [0, 0.05) is 11.0 Å². The average Bonchev–Trinajstić information content (AvgIpc) is 3.06. The van der Waals surface area contributed by atoms with Crippen LogP contribution in [-0.4, -0.2) is 22.4 Å². The van der Waals surface area contributed by atoms with Crippen molar-refractivity contribution in [3.8, 4) is 11.5 Å². The summed E-state index contributed by atoms with van der Waals surface area (Å²) in [5.41, 5.74) is 9.59. The maximum Gasteiger partial charge on any atom is 0.206 e. The first kappa shape index (κ1) is 14.9. The van der Waals surface area contributed by atoms with Crippen molar-refractivity contribution in [2.45, 2.75) is 6.17 Å². The summed E-state index contributed by atoms with van der Waals surface area (Å²) >= 11 is 1.56. The fourth-order valence-electron chi connectivity index (χ4n) is 2.62. The van der Waals surface area contributed by atoms with Crippen LogP contribution in [0.3, 0.4) is 0 Å². The number of rotatable bonds is 3. The Morgan fingerprint density at radius 2 is 2.04 bits per heavy atom. The number of phenols is 1. The second kappa shape index (κ2) is 6.10. The summed E-state index contributed by atoms with van der Waals surface area (Å²) < 4.78 is 5.18. The first-order chi connectivity index (χ1) is 11.8. The minimum absolute atomic E-state index is 0.114. The van der Waals surface area contributed by atoms with Crippen LogP contribution >= 0.6 is 11.8 Å². The Labute approximate surface area is 143 Å². The number of phenolic OH excluding ortho intramolecular Hbond substituents is 1. The van der Waals surface area contributed by atoms with E-state index >= 15 is 0 Å². The number of hydrogen-bond donors (Lipinski definition) is 3. The molecule has 0 saturated heterocycles. The van der Waals surface area contributed by atoms with Gasteiger partial charge in [0.2, 0.25) is 5.17 Å². The van der Waals surface area contributed by atoms with Gasteiger partial charge in [-0.1, -0.05) is 48.2 Å². The van der Waals surface area contributed by atoms with Gasteiger partial charge in [-0.15, -0.1) is 0 Å². The van der Waals surface area contributed by atoms with E-state index in [0.29, 0.717) is 5.75 Å². The lowest BCUT2D eigenvalue weighted by molar-refractivity contribution is 0.288. The van der Waals surface area contributed by atoms with Crippen molar-refractivity contribution in [1.82, 2.24) is 15.9 Å². The molecule has 2 aliphatic heterocycles. The van der Waals surface area contributed by atoms with Gasteiger partial charge >= 0.3 is 0 Å². The zero-order chi connectivity index (χ0) is 16.5. The normalized spacial score (nSPS) is 19.2. The van der Waals surface area contributed by atoms with Crippen LogP contribution in [-0.2, 0) is 0 Å². The standard InChI is InChI=1S/C17H16N4O2S/c1-23-15-9-12(7-8-14(15)22)16-18-19-17-21(20-16)13(10-24-17)11-5-3-2-4-6-11/h2-10,16,18,20,22H,1H3/t16-/m1/s1. The zero-order valence-corrected chi connectivity index (χ0v) is 13.7. The van der Waals surface area contributed by atoms with Gasteiger partial charge in [0.15, 0.2) is 11.5 Å². The van der Waals surface area contributed by atoms with Gasteiger partial charge in [0.05, 0.1) is 12.8 Å². The molecule has 0 aromatic heterocycles. The highest BCUT2D eigenvalue weighted by Gasteiger charge is 2.30. The molecule has 24 heavy (non-hydrogen) atoms. The molecule has 3 N–H and O–H groups in total. The molecule has 0 spiro atoms. The van der Waals surface area contributed by atoms with Crippen LogP contribution in [0.1, 0.15) is 17.3 Å². The van der Waals surface area contributed by atoms with E-state index in [1.165, 1.54) is 7.11 Å². The number of hydrazine groups is 1. The van der Waals surface area contributed by atoms with Crippen molar-refractivity contribution < 1.29 is 9.84 Å². The molecule has 1 atom stereocenters. The summed E-state index contributed by atoms with van der Waals surface area (Å²) in [6, 6.07) is 15.4. The van der Waals surface area contributed by atoms with E-state index in [1.54, 1.807) is 23.9 Å². The fraction of sp³-hybridized carbons (Fsp3) is 0.118. The van der Waals surface area contributed by atoms with Crippen LogP contribution in [0.25, 0.3) is 5.70 Å². The third-order valence-corrected chi connectivity index (χ3v) is 4.69. The predicted octanol–water partition coefficient (Wildman–Crippen LogP) is 2.83. The summed E-state index contributed by atoms with van der Waals surface area (Å²) in [5, 5.41) is 19.1. The lowest BCUT2D eigenvalue weighted by atomic mass is 10.1. The second-order valence-corrected chi connectivity index (χ2v) is 6.18. The molecule has 0 aliphatic carbocycles. The third kappa shape index (κ3) is 2.57. The predicted molar refractivity (Wildman–Crippen MR) is 95.0 cm³/mol. The number of ether oxygens (including phenoxy) is 1. The molecule has 2 aliphatic rings. The van der Waals surface area contributed by atoms with Crippen LogP contribution in [0, 0.1) is 0 Å². The molecule has 0 unspecified atom stereocenters. The topological polar surface area (TPSA) is 69.1 Å². The molecule has 6 nitrogen and oxygen atoms in total. The Hall–Kier alpha value is -2.64. The lowest BCUT2D eigenvalue weighted by Gasteiger charge is -2.33. The highest BCUT2D eigenvalue weighted by atomic mass is 32.2. The fourth-order valence-corrected chi connectivity index (χ4v) is 3.45. The van der Waals surface area contributed by atoms with E-state index in [1.807, 2.05) is 29.3 Å². The maximum absolute atomic E-state index is 9.76. The monoisotopic (exact) mass is 340 g/mol. The van der Waals surface area contributed by atoms with Crippen LogP contribution < -0.4 is 15.6 Å². The second-order valence-electron chi connectivity index (χ2n) is 5.34. The van der Waals surface area contributed by atoms with Crippen molar-refractivity contribution in [2.75, 3.05) is 7.11 Å². The number of hydrazone groups is 1. The van der Waals surface area contributed by atoms with Crippen LogP contribution in [0.5, 0.6) is 11.5 Å². The smallest absolute Gasteiger partial charge is 0.206 e. The Morgan fingerprint density at radius 1 is 1.21 bits per heavy atom. The van der Waals surface area contributed by atoms with Gasteiger partial charge in [-0.25, -0.2) is 5.01 Å². The zero-order valence-electron chi connectivity index (χ0n) is 12.9. The molecule has 4 rings (SSSR count). The Morgan fingerprint density at radius 3 is 2.83 bits per heavy atom. The first-order valence-corrected chi connectivity index (χ1v) is 8.33. The SMILES string of the molecule is COc1cc([C@@H]2NN=C3SC=C(c4ccccc4)N3N2)ccc1O. The summed E-state index contributed by atoms with van der Waals surface area (Å²) in [5.74, 6) is 0.545. The molecule has 0 saturated carbocycles. The van der Waals surface area contributed by atoms with E-state index in [2.05, 4.69) is 33.5 Å². The number of methoxy groups -OCH3 is 1. The summed E-state index contributed by atoms with van der Waals surface area (Å²) in [6.07, 6.45) is -0.228. The highest BCUT2D eigenvalue weighted by molar-refractivity contribution is 8.16. The molecule has 2 heterocycles. The van der Waals surface area contributed by atoms with E-state index < -0.39 is 0 Å². The van der Waals surface area contributed by atoms with Crippen molar-refractivity contribution in [1.29, 1.82) is 0 Å². The number of hydrogen-bond acceptors (Lipinski definition) is 7. The number of nitrogens with zero attached hydrogens (tertiary/aromatic N) is 2. The van der Waals surface area contributed by atoms with Gasteiger partial charge in [-0.05, 0) is 17.7 Å². The quantitative estimate of drug-likeness (QED) is 0.798. The Balaban J connectivity index is 1.61. The Bertz CT molecular complexity index is 823. The molecular formula is C17H16N4O2S. The van der Waals surface area contributed by atoms with Gasteiger partial charge in [0.1, 0.15) is 6.17 Å².